The molecule has 0 aliphatic carbocycles. The molecular weight excluding hydrogens is 775 g/mol. The molecule has 1 radical (unpaired) electrons. The number of carbonyl (C=O) groups excluding carboxylic acids is 1. The van der Waals surface area contributed by atoms with Gasteiger partial charge in [-0.05, 0) is 53.3 Å². The molecule has 0 amide bonds. The Kier molecular flexibility index (Phi) is 10.6. The summed E-state index contributed by atoms with van der Waals surface area (Å²) in [7, 11) is -3.31. The zero-order valence-corrected chi connectivity index (χ0v) is 32.8. The minimum atomic E-state index is -2.00. The molecule has 6 heteroatoms. The van der Waals surface area contributed by atoms with Gasteiger partial charge in [0.05, 0.1) is 13.8 Å². The molecule has 3 nitrogen and oxygen atoms in total. The molecule has 0 bridgehead atoms. The van der Waals surface area contributed by atoms with Crippen LogP contribution in [0.2, 0.25) is 32.7 Å². The number of hydrogen-bond donors (Lipinski definition) is 1. The fourth-order valence-corrected chi connectivity index (χ4v) is 11.0. The summed E-state index contributed by atoms with van der Waals surface area (Å²) < 4.78 is 0. The number of rotatable bonds is 5. The second-order valence-corrected chi connectivity index (χ2v) is 23.4. The van der Waals surface area contributed by atoms with E-state index in [0.717, 1.165) is 11.3 Å². The van der Waals surface area contributed by atoms with Crippen molar-refractivity contribution in [1.29, 1.82) is 0 Å². The van der Waals surface area contributed by atoms with Crippen LogP contribution in [-0.2, 0) is 24.9 Å². The molecule has 1 aromatic heterocycles. The summed E-state index contributed by atoms with van der Waals surface area (Å²) in [5.41, 5.74) is 8.96. The Morgan fingerprint density at radius 2 is 1.54 bits per heavy atom. The average molecular weight is 819 g/mol. The molecular formula is C40H44IrNO2Si2-. The van der Waals surface area contributed by atoms with Gasteiger partial charge in [0.15, 0.2) is 5.78 Å². The summed E-state index contributed by atoms with van der Waals surface area (Å²) in [6.07, 6.45) is 3.16. The molecule has 0 unspecified atom stereocenters. The SMILES string of the molecule is CC(=O)/C=C(/C)O.CC(C)c1cc(-c2nccc3c2[Si](C)(C)c2cc(-c4ccc([Si](C)(C)C)cc4)ccc2-3)[c-]c2ccccc12.[Ir]. The normalized spacial score (nSPS) is 13.4. The molecule has 0 saturated carbocycles. The first-order valence-electron chi connectivity index (χ1n) is 15.8. The number of hydrogen-bond acceptors (Lipinski definition) is 3. The summed E-state index contributed by atoms with van der Waals surface area (Å²) in [6.45, 7) is 19.6. The first-order chi connectivity index (χ1) is 21.2. The Bertz CT molecular complexity index is 1930. The van der Waals surface area contributed by atoms with Crippen LogP contribution in [0, 0.1) is 6.07 Å². The second kappa shape index (κ2) is 13.7. The van der Waals surface area contributed by atoms with E-state index in [9.17, 15) is 4.79 Å². The number of ketones is 1. The third-order valence-electron chi connectivity index (χ3n) is 8.74. The monoisotopic (exact) mass is 819 g/mol. The van der Waals surface area contributed by atoms with Crippen LogP contribution in [0.25, 0.3) is 44.3 Å². The summed E-state index contributed by atoms with van der Waals surface area (Å²) in [6, 6.07) is 33.4. The molecule has 0 spiro atoms. The number of aromatic nitrogens is 1. The molecule has 239 valence electrons. The second-order valence-electron chi connectivity index (χ2n) is 14.0. The van der Waals surface area contributed by atoms with Crippen molar-refractivity contribution < 1.29 is 30.0 Å². The fourth-order valence-electron chi connectivity index (χ4n) is 6.45. The molecule has 0 saturated heterocycles. The maximum atomic E-state index is 10.0. The Balaban J connectivity index is 0.000000542. The number of nitrogens with zero attached hydrogens (tertiary/aromatic N) is 1. The zero-order valence-electron chi connectivity index (χ0n) is 28.4. The number of benzene rings is 4. The van der Waals surface area contributed by atoms with Crippen molar-refractivity contribution in [1.82, 2.24) is 4.98 Å². The van der Waals surface area contributed by atoms with Gasteiger partial charge in [0.2, 0.25) is 0 Å². The smallest absolute Gasteiger partial charge is 0.155 e. The summed E-state index contributed by atoms with van der Waals surface area (Å²) >= 11 is 0. The van der Waals surface area contributed by atoms with Crippen molar-refractivity contribution in [3.63, 3.8) is 0 Å². The van der Waals surface area contributed by atoms with Crippen LogP contribution in [0.15, 0.2) is 96.9 Å². The van der Waals surface area contributed by atoms with Crippen LogP contribution in [0.5, 0.6) is 0 Å². The van der Waals surface area contributed by atoms with Crippen molar-refractivity contribution in [3.8, 4) is 33.5 Å². The molecule has 2 heterocycles. The zero-order chi connectivity index (χ0) is 32.7. The van der Waals surface area contributed by atoms with Crippen molar-refractivity contribution in [3.05, 3.63) is 109 Å². The van der Waals surface area contributed by atoms with E-state index in [0.29, 0.717) is 5.92 Å². The largest absolute Gasteiger partial charge is 0.512 e. The Labute approximate surface area is 290 Å². The molecule has 1 N–H and O–H groups in total. The standard InChI is InChI=1S/C35H36NSi2.C5H8O2.Ir/c1-23(2)32-21-27(20-26-10-8-9-11-29(26)32)34-35-31(18-19-36-34)30-17-14-25(22-33(30)38(35,6)7)24-12-15-28(16-13-24)37(3,4)5;1-4(6)3-5(2)7;/h8-19,21-23H,1-7H3;3,6H,1-2H3;/q-1;;/b;4-3-;. The van der Waals surface area contributed by atoms with E-state index < -0.39 is 16.1 Å². The number of aliphatic hydroxyl groups is 1. The van der Waals surface area contributed by atoms with E-state index in [1.54, 1.807) is 0 Å². The number of aliphatic hydroxyl groups excluding tert-OH is 1. The van der Waals surface area contributed by atoms with Crippen LogP contribution < -0.4 is 15.6 Å². The van der Waals surface area contributed by atoms with E-state index in [1.165, 1.54) is 74.1 Å². The molecule has 46 heavy (non-hydrogen) atoms. The molecule has 0 fully saturated rings. The molecule has 1 aliphatic heterocycles. The minimum absolute atomic E-state index is 0. The van der Waals surface area contributed by atoms with Gasteiger partial charge >= 0.3 is 0 Å². The third kappa shape index (κ3) is 7.11. The number of carbonyl (C=O) groups is 1. The van der Waals surface area contributed by atoms with Crippen LogP contribution in [-0.4, -0.2) is 32.0 Å². The Morgan fingerprint density at radius 1 is 0.891 bits per heavy atom. The van der Waals surface area contributed by atoms with Crippen molar-refractivity contribution in [2.75, 3.05) is 0 Å². The van der Waals surface area contributed by atoms with Gasteiger partial charge in [-0.2, -0.15) is 0 Å². The summed E-state index contributed by atoms with van der Waals surface area (Å²) in [4.78, 5) is 15.0. The number of fused-ring (bicyclic) bond motifs is 4. The van der Waals surface area contributed by atoms with Gasteiger partial charge in [0.25, 0.3) is 0 Å². The van der Waals surface area contributed by atoms with Gasteiger partial charge in [-0.1, -0.05) is 129 Å². The predicted octanol–water partition coefficient (Wildman–Crippen LogP) is 8.88. The molecule has 4 aromatic carbocycles. The Hall–Kier alpha value is -3.42. The maximum absolute atomic E-state index is 10.0. The van der Waals surface area contributed by atoms with Crippen molar-refractivity contribution >= 4 is 48.3 Å². The van der Waals surface area contributed by atoms with E-state index in [1.807, 2.05) is 6.20 Å². The Morgan fingerprint density at radius 3 is 2.13 bits per heavy atom. The average Bonchev–Trinajstić information content (AvgIpc) is 3.22. The van der Waals surface area contributed by atoms with Gasteiger partial charge in [0, 0.05) is 38.1 Å². The summed E-state index contributed by atoms with van der Waals surface area (Å²) in [5, 5.41) is 15.3. The van der Waals surface area contributed by atoms with Crippen molar-refractivity contribution in [2.45, 2.75) is 66.3 Å². The summed E-state index contributed by atoms with van der Waals surface area (Å²) in [5.74, 6) is 0.370. The van der Waals surface area contributed by atoms with Crippen LogP contribution in [0.4, 0.5) is 0 Å². The number of pyridine rings is 1. The van der Waals surface area contributed by atoms with E-state index in [-0.39, 0.29) is 31.6 Å². The minimum Gasteiger partial charge on any atom is -0.512 e. The van der Waals surface area contributed by atoms with Crippen LogP contribution in [0.3, 0.4) is 0 Å². The van der Waals surface area contributed by atoms with Crippen molar-refractivity contribution in [2.24, 2.45) is 0 Å². The fraction of sp³-hybridized carbons (Fsp3) is 0.250. The van der Waals surface area contributed by atoms with Gasteiger partial charge in [-0.3, -0.25) is 9.78 Å². The molecule has 6 rings (SSSR count). The third-order valence-corrected chi connectivity index (χ3v) is 14.3. The first-order valence-corrected chi connectivity index (χ1v) is 22.3. The molecule has 1 aliphatic rings. The van der Waals surface area contributed by atoms with Crippen LogP contribution >= 0.6 is 0 Å². The van der Waals surface area contributed by atoms with Gasteiger partial charge in [-0.15, -0.1) is 29.1 Å². The molecule has 0 atom stereocenters. The van der Waals surface area contributed by atoms with Gasteiger partial charge < -0.3 is 5.11 Å². The van der Waals surface area contributed by atoms with E-state index in [2.05, 4.69) is 132 Å². The first kappa shape index (κ1) is 35.4. The van der Waals surface area contributed by atoms with E-state index in [4.69, 9.17) is 10.1 Å². The predicted molar refractivity (Wildman–Crippen MR) is 198 cm³/mol. The van der Waals surface area contributed by atoms with Gasteiger partial charge in [-0.25, -0.2) is 0 Å². The van der Waals surface area contributed by atoms with Gasteiger partial charge in [0.1, 0.15) is 8.07 Å². The van der Waals surface area contributed by atoms with E-state index >= 15 is 0 Å². The quantitative estimate of drug-likeness (QED) is 0.0835. The molecule has 5 aromatic rings. The van der Waals surface area contributed by atoms with Crippen LogP contribution in [0.1, 0.15) is 39.2 Å². The number of allylic oxidation sites excluding steroid dienone is 2. The topological polar surface area (TPSA) is 50.2 Å². The maximum Gasteiger partial charge on any atom is 0.155 e.